The van der Waals surface area contributed by atoms with Crippen molar-refractivity contribution in [1.29, 1.82) is 0 Å². The molecule has 1 aromatic carbocycles. The number of nitrogens with one attached hydrogen (secondary N) is 1. The monoisotopic (exact) mass is 259 g/mol. The molecule has 5 nitrogen and oxygen atoms in total. The Balaban J connectivity index is 1.94. The molecule has 0 saturated carbocycles. The lowest BCUT2D eigenvalue weighted by molar-refractivity contribution is 0.0693. The summed E-state index contributed by atoms with van der Waals surface area (Å²) in [5.41, 5.74) is 2.07. The van der Waals surface area contributed by atoms with Gasteiger partial charge in [0.2, 0.25) is 0 Å². The number of hydrogen-bond acceptors (Lipinski definition) is 4. The van der Waals surface area contributed by atoms with Crippen molar-refractivity contribution >= 4 is 17.5 Å². The molecule has 2 aliphatic rings. The maximum atomic E-state index is 12.0. The van der Waals surface area contributed by atoms with Gasteiger partial charge in [-0.05, 0) is 31.2 Å². The van der Waals surface area contributed by atoms with Gasteiger partial charge in [-0.25, -0.2) is 0 Å². The van der Waals surface area contributed by atoms with Gasteiger partial charge in [0.1, 0.15) is 0 Å². The van der Waals surface area contributed by atoms with Gasteiger partial charge >= 0.3 is 0 Å². The van der Waals surface area contributed by atoms with Crippen molar-refractivity contribution in [3.8, 4) is 0 Å². The number of benzene rings is 1. The topological polar surface area (TPSA) is 52.7 Å². The summed E-state index contributed by atoms with van der Waals surface area (Å²) in [5.74, 6) is -0.404. The van der Waals surface area contributed by atoms with Crippen molar-refractivity contribution < 1.29 is 9.59 Å². The summed E-state index contributed by atoms with van der Waals surface area (Å²) in [6.45, 7) is 3.88. The van der Waals surface area contributed by atoms with Gasteiger partial charge in [-0.15, -0.1) is 0 Å². The highest BCUT2D eigenvalue weighted by Crippen LogP contribution is 2.26. The minimum Gasteiger partial charge on any atom is -0.370 e. The van der Waals surface area contributed by atoms with Crippen LogP contribution in [0.25, 0.3) is 0 Å². The molecule has 0 bridgehead atoms. The maximum absolute atomic E-state index is 12.0. The summed E-state index contributed by atoms with van der Waals surface area (Å²) in [7, 11) is 1.53. The molecular weight excluding hydrogens is 242 g/mol. The normalized spacial score (nSPS) is 19.6. The van der Waals surface area contributed by atoms with Crippen molar-refractivity contribution in [2.75, 3.05) is 38.1 Å². The summed E-state index contributed by atoms with van der Waals surface area (Å²) in [6, 6.07) is 5.56. The number of imide groups is 1. The van der Waals surface area contributed by atoms with Crippen LogP contribution in [0, 0.1) is 0 Å². The second kappa shape index (κ2) is 4.66. The summed E-state index contributed by atoms with van der Waals surface area (Å²) in [4.78, 5) is 27.3. The van der Waals surface area contributed by atoms with Crippen molar-refractivity contribution in [1.82, 2.24) is 10.2 Å². The van der Waals surface area contributed by atoms with Crippen LogP contribution in [0.5, 0.6) is 0 Å². The molecule has 100 valence electrons. The van der Waals surface area contributed by atoms with Crippen LogP contribution in [0.2, 0.25) is 0 Å². The Morgan fingerprint density at radius 2 is 1.84 bits per heavy atom. The zero-order valence-electron chi connectivity index (χ0n) is 11.0. The Labute approximate surface area is 112 Å². The quantitative estimate of drug-likeness (QED) is 0.755. The van der Waals surface area contributed by atoms with Gasteiger partial charge < -0.3 is 10.2 Å². The van der Waals surface area contributed by atoms with Crippen molar-refractivity contribution in [2.24, 2.45) is 0 Å². The molecule has 2 amide bonds. The number of rotatable bonds is 1. The average molecular weight is 259 g/mol. The van der Waals surface area contributed by atoms with Crippen molar-refractivity contribution in [3.05, 3.63) is 29.3 Å². The lowest BCUT2D eigenvalue weighted by Crippen LogP contribution is -2.28. The highest BCUT2D eigenvalue weighted by Gasteiger charge is 2.33. The van der Waals surface area contributed by atoms with Crippen LogP contribution < -0.4 is 10.2 Å². The molecule has 0 unspecified atom stereocenters. The number of fused-ring (bicyclic) bond motifs is 1. The van der Waals surface area contributed by atoms with Gasteiger partial charge in [-0.3, -0.25) is 14.5 Å². The molecule has 19 heavy (non-hydrogen) atoms. The molecule has 0 spiro atoms. The molecule has 0 radical (unpaired) electrons. The van der Waals surface area contributed by atoms with E-state index in [9.17, 15) is 9.59 Å². The number of carbonyl (C=O) groups excluding carboxylic acids is 2. The first-order valence-electron chi connectivity index (χ1n) is 6.60. The predicted octanol–water partition coefficient (Wildman–Crippen LogP) is 0.712. The fraction of sp³-hybridized carbons (Fsp3) is 0.429. The first kappa shape index (κ1) is 12.2. The molecule has 0 aromatic heterocycles. The zero-order valence-corrected chi connectivity index (χ0v) is 11.0. The average Bonchev–Trinajstić information content (AvgIpc) is 2.68. The summed E-state index contributed by atoms with van der Waals surface area (Å²) >= 11 is 0. The lowest BCUT2D eigenvalue weighted by atomic mass is 10.1. The van der Waals surface area contributed by atoms with E-state index < -0.39 is 0 Å². The lowest BCUT2D eigenvalue weighted by Gasteiger charge is -2.22. The van der Waals surface area contributed by atoms with Crippen LogP contribution in [0.4, 0.5) is 5.69 Å². The zero-order chi connectivity index (χ0) is 13.4. The van der Waals surface area contributed by atoms with Gasteiger partial charge in [0.05, 0.1) is 11.1 Å². The van der Waals surface area contributed by atoms with E-state index in [0.717, 1.165) is 38.3 Å². The predicted molar refractivity (Wildman–Crippen MR) is 72.6 cm³/mol. The molecule has 0 aliphatic carbocycles. The van der Waals surface area contributed by atoms with Crippen LogP contribution in [0.15, 0.2) is 18.2 Å². The standard InChI is InChI=1S/C14H17N3O2/c1-16-13(18)11-4-3-10(9-12(11)14(16)19)17-7-2-5-15-6-8-17/h3-4,9,15H,2,5-8H2,1H3. The minimum absolute atomic E-state index is 0.199. The Hall–Kier alpha value is -1.88. The molecule has 0 atom stereocenters. The third-order valence-corrected chi connectivity index (χ3v) is 3.78. The fourth-order valence-corrected chi connectivity index (χ4v) is 2.65. The second-order valence-corrected chi connectivity index (χ2v) is 4.99. The number of nitrogens with zero attached hydrogens (tertiary/aromatic N) is 2. The Morgan fingerprint density at radius 1 is 1.05 bits per heavy atom. The first-order chi connectivity index (χ1) is 9.18. The summed E-state index contributed by atoms with van der Waals surface area (Å²) in [6.07, 6.45) is 1.09. The van der Waals surface area contributed by atoms with E-state index in [1.807, 2.05) is 12.1 Å². The number of amides is 2. The molecule has 2 heterocycles. The Kier molecular flexibility index (Phi) is 2.98. The van der Waals surface area contributed by atoms with E-state index in [1.165, 1.54) is 11.9 Å². The van der Waals surface area contributed by atoms with Crippen LogP contribution >= 0.6 is 0 Å². The summed E-state index contributed by atoms with van der Waals surface area (Å²) in [5, 5.41) is 3.35. The number of anilines is 1. The Bertz CT molecular complexity index is 533. The maximum Gasteiger partial charge on any atom is 0.261 e. The number of carbonyl (C=O) groups is 2. The van der Waals surface area contributed by atoms with Crippen LogP contribution in [0.1, 0.15) is 27.1 Å². The van der Waals surface area contributed by atoms with Gasteiger partial charge in [-0.2, -0.15) is 0 Å². The van der Waals surface area contributed by atoms with E-state index in [-0.39, 0.29) is 11.8 Å². The molecule has 1 saturated heterocycles. The van der Waals surface area contributed by atoms with E-state index in [4.69, 9.17) is 0 Å². The van der Waals surface area contributed by atoms with Crippen molar-refractivity contribution in [3.63, 3.8) is 0 Å². The molecule has 5 heteroatoms. The van der Waals surface area contributed by atoms with Gasteiger partial charge in [0, 0.05) is 32.4 Å². The van der Waals surface area contributed by atoms with Crippen LogP contribution in [0.3, 0.4) is 0 Å². The molecular formula is C14H17N3O2. The highest BCUT2D eigenvalue weighted by atomic mass is 16.2. The SMILES string of the molecule is CN1C(=O)c2ccc(N3CCCNCC3)cc2C1=O. The van der Waals surface area contributed by atoms with E-state index in [0.29, 0.717) is 11.1 Å². The molecule has 2 aliphatic heterocycles. The van der Waals surface area contributed by atoms with Gasteiger partial charge in [0.25, 0.3) is 11.8 Å². The minimum atomic E-state index is -0.205. The largest absolute Gasteiger partial charge is 0.370 e. The van der Waals surface area contributed by atoms with Gasteiger partial charge in [0.15, 0.2) is 0 Å². The van der Waals surface area contributed by atoms with E-state index in [1.54, 1.807) is 6.07 Å². The second-order valence-electron chi connectivity index (χ2n) is 4.99. The molecule has 1 aromatic rings. The third kappa shape index (κ3) is 2.00. The Morgan fingerprint density at radius 3 is 2.68 bits per heavy atom. The van der Waals surface area contributed by atoms with E-state index in [2.05, 4.69) is 10.2 Å². The number of hydrogen-bond donors (Lipinski definition) is 1. The molecule has 1 fully saturated rings. The molecule has 3 rings (SSSR count). The molecule has 1 N–H and O–H groups in total. The first-order valence-corrected chi connectivity index (χ1v) is 6.60. The van der Waals surface area contributed by atoms with Crippen LogP contribution in [-0.2, 0) is 0 Å². The highest BCUT2D eigenvalue weighted by molar-refractivity contribution is 6.21. The third-order valence-electron chi connectivity index (χ3n) is 3.78. The van der Waals surface area contributed by atoms with E-state index >= 15 is 0 Å². The van der Waals surface area contributed by atoms with Gasteiger partial charge in [-0.1, -0.05) is 0 Å². The van der Waals surface area contributed by atoms with Crippen LogP contribution in [-0.4, -0.2) is 49.9 Å². The van der Waals surface area contributed by atoms with Crippen molar-refractivity contribution in [2.45, 2.75) is 6.42 Å². The smallest absolute Gasteiger partial charge is 0.261 e. The fourth-order valence-electron chi connectivity index (χ4n) is 2.65. The summed E-state index contributed by atoms with van der Waals surface area (Å²) < 4.78 is 0.